The Bertz CT molecular complexity index is 251. The molecule has 0 radical (unpaired) electrons. The van der Waals surface area contributed by atoms with Crippen molar-refractivity contribution in [3.8, 4) is 0 Å². The van der Waals surface area contributed by atoms with E-state index in [0.29, 0.717) is 12.8 Å². The van der Waals surface area contributed by atoms with E-state index in [1.165, 1.54) is 0 Å². The summed E-state index contributed by atoms with van der Waals surface area (Å²) in [5.41, 5.74) is 4.93. The van der Waals surface area contributed by atoms with Gasteiger partial charge in [0.2, 0.25) is 5.91 Å². The van der Waals surface area contributed by atoms with E-state index in [0.717, 1.165) is 0 Å². The van der Waals surface area contributed by atoms with E-state index in [1.807, 2.05) is 0 Å². The van der Waals surface area contributed by atoms with Gasteiger partial charge in [0.05, 0.1) is 6.10 Å². The van der Waals surface area contributed by atoms with Gasteiger partial charge in [-0.25, -0.2) is 0 Å². The molecule has 8 heteroatoms. The third-order valence-corrected chi connectivity index (χ3v) is 2.57. The molecule has 114 valence electrons. The molecule has 0 aliphatic rings. The van der Waals surface area contributed by atoms with Crippen LogP contribution in [0.5, 0.6) is 0 Å². The van der Waals surface area contributed by atoms with Crippen LogP contribution in [-0.4, -0.2) is 69.3 Å². The number of hydrogen-bond donors (Lipinski definition) is 6. The number of nitrogens with two attached hydrogens (primary N) is 1. The molecular formula is C11H23NO7. The highest BCUT2D eigenvalue weighted by atomic mass is 16.6. The van der Waals surface area contributed by atoms with Crippen molar-refractivity contribution < 1.29 is 35.1 Å². The van der Waals surface area contributed by atoms with Gasteiger partial charge < -0.3 is 36.0 Å². The van der Waals surface area contributed by atoms with Crippen LogP contribution in [0.15, 0.2) is 0 Å². The first-order chi connectivity index (χ1) is 8.90. The molecule has 0 aliphatic carbocycles. The summed E-state index contributed by atoms with van der Waals surface area (Å²) in [7, 11) is 0. The second-order valence-corrected chi connectivity index (χ2v) is 4.25. The van der Waals surface area contributed by atoms with Crippen LogP contribution in [0.25, 0.3) is 0 Å². The van der Waals surface area contributed by atoms with E-state index in [9.17, 15) is 25.2 Å². The summed E-state index contributed by atoms with van der Waals surface area (Å²) in [4.78, 5) is 10.4. The summed E-state index contributed by atoms with van der Waals surface area (Å²) in [6.45, 7) is -0.274. The SMILES string of the molecule is NC(=O)CCCCOC(O)C(O)C(O)C(O)CCO. The average Bonchev–Trinajstić information content (AvgIpc) is 2.36. The third kappa shape index (κ3) is 8.09. The van der Waals surface area contributed by atoms with Crippen LogP contribution in [0.2, 0.25) is 0 Å². The van der Waals surface area contributed by atoms with Gasteiger partial charge in [-0.1, -0.05) is 0 Å². The Morgan fingerprint density at radius 2 is 1.74 bits per heavy atom. The minimum absolute atomic E-state index is 0.0777. The standard InChI is InChI=1S/C11H23NO7/c12-8(15)3-1-2-6-19-11(18)10(17)9(16)7(14)4-5-13/h7,9-11,13-14,16-18H,1-6H2,(H2,12,15). The molecule has 1 amide bonds. The van der Waals surface area contributed by atoms with Gasteiger partial charge in [0.1, 0.15) is 12.2 Å². The molecule has 0 heterocycles. The number of rotatable bonds is 11. The van der Waals surface area contributed by atoms with Crippen LogP contribution in [0.1, 0.15) is 25.7 Å². The summed E-state index contributed by atoms with van der Waals surface area (Å²) in [6, 6.07) is 0. The summed E-state index contributed by atoms with van der Waals surface area (Å²) in [6.07, 6.45) is -5.27. The number of carbonyl (C=O) groups is 1. The first-order valence-corrected chi connectivity index (χ1v) is 6.13. The molecule has 0 spiro atoms. The summed E-state index contributed by atoms with van der Waals surface area (Å²) in [5.74, 6) is -0.428. The van der Waals surface area contributed by atoms with Crippen molar-refractivity contribution in [1.82, 2.24) is 0 Å². The van der Waals surface area contributed by atoms with Crippen molar-refractivity contribution in [2.24, 2.45) is 5.73 Å². The zero-order chi connectivity index (χ0) is 14.8. The van der Waals surface area contributed by atoms with Crippen molar-refractivity contribution in [1.29, 1.82) is 0 Å². The number of aliphatic hydroxyl groups excluding tert-OH is 5. The van der Waals surface area contributed by atoms with Crippen LogP contribution in [-0.2, 0) is 9.53 Å². The smallest absolute Gasteiger partial charge is 0.217 e. The van der Waals surface area contributed by atoms with Crippen LogP contribution >= 0.6 is 0 Å². The Kier molecular flexibility index (Phi) is 9.66. The molecule has 4 unspecified atom stereocenters. The quantitative estimate of drug-likeness (QED) is 0.180. The minimum Gasteiger partial charge on any atom is -0.396 e. The number of hydrogen-bond acceptors (Lipinski definition) is 7. The molecule has 0 rings (SSSR count). The van der Waals surface area contributed by atoms with Gasteiger partial charge in [0.15, 0.2) is 6.29 Å². The maximum absolute atomic E-state index is 10.4. The lowest BCUT2D eigenvalue weighted by atomic mass is 10.1. The van der Waals surface area contributed by atoms with Gasteiger partial charge in [-0.05, 0) is 19.3 Å². The molecular weight excluding hydrogens is 258 g/mol. The van der Waals surface area contributed by atoms with Gasteiger partial charge in [-0.15, -0.1) is 0 Å². The molecule has 19 heavy (non-hydrogen) atoms. The second kappa shape index (κ2) is 10.1. The second-order valence-electron chi connectivity index (χ2n) is 4.25. The fourth-order valence-electron chi connectivity index (χ4n) is 1.40. The highest BCUT2D eigenvalue weighted by Crippen LogP contribution is 2.09. The molecule has 0 saturated carbocycles. The van der Waals surface area contributed by atoms with Crippen molar-refractivity contribution >= 4 is 5.91 Å². The molecule has 0 aromatic heterocycles. The number of carbonyl (C=O) groups excluding carboxylic acids is 1. The molecule has 0 fully saturated rings. The van der Waals surface area contributed by atoms with Crippen molar-refractivity contribution in [2.75, 3.05) is 13.2 Å². The predicted molar refractivity (Wildman–Crippen MR) is 64.7 cm³/mol. The fourth-order valence-corrected chi connectivity index (χ4v) is 1.40. The Morgan fingerprint density at radius 3 is 2.26 bits per heavy atom. The lowest BCUT2D eigenvalue weighted by molar-refractivity contribution is -0.203. The number of primary amides is 1. The normalized spacial score (nSPS) is 17.7. The molecule has 0 bridgehead atoms. The van der Waals surface area contributed by atoms with Gasteiger partial charge in [-0.3, -0.25) is 4.79 Å². The average molecular weight is 281 g/mol. The van der Waals surface area contributed by atoms with E-state index in [2.05, 4.69) is 0 Å². The minimum atomic E-state index is -1.68. The molecule has 0 aromatic rings. The highest BCUT2D eigenvalue weighted by Gasteiger charge is 2.30. The topological polar surface area (TPSA) is 153 Å². The first-order valence-electron chi connectivity index (χ1n) is 6.13. The predicted octanol–water partition coefficient (Wildman–Crippen LogP) is -2.56. The lowest BCUT2D eigenvalue weighted by Crippen LogP contribution is -2.45. The molecule has 0 aliphatic heterocycles. The zero-order valence-corrected chi connectivity index (χ0v) is 10.7. The van der Waals surface area contributed by atoms with Gasteiger partial charge in [0, 0.05) is 19.6 Å². The van der Waals surface area contributed by atoms with Gasteiger partial charge in [0.25, 0.3) is 0 Å². The fraction of sp³-hybridized carbons (Fsp3) is 0.909. The van der Waals surface area contributed by atoms with E-state index in [1.54, 1.807) is 0 Å². The number of ether oxygens (including phenoxy) is 1. The largest absolute Gasteiger partial charge is 0.396 e. The maximum atomic E-state index is 10.4. The number of aliphatic hydroxyl groups is 5. The van der Waals surface area contributed by atoms with E-state index in [-0.39, 0.29) is 26.1 Å². The Labute approximate surface area is 111 Å². The molecule has 4 atom stereocenters. The lowest BCUT2D eigenvalue weighted by Gasteiger charge is -2.26. The van der Waals surface area contributed by atoms with Crippen molar-refractivity contribution in [2.45, 2.75) is 50.3 Å². The van der Waals surface area contributed by atoms with E-state index < -0.39 is 30.5 Å². The molecule has 8 nitrogen and oxygen atoms in total. The van der Waals surface area contributed by atoms with Crippen LogP contribution in [0, 0.1) is 0 Å². The summed E-state index contributed by atoms with van der Waals surface area (Å²) >= 11 is 0. The van der Waals surface area contributed by atoms with Crippen molar-refractivity contribution in [3.05, 3.63) is 0 Å². The Hall–Kier alpha value is -0.770. The van der Waals surface area contributed by atoms with Crippen LogP contribution in [0.4, 0.5) is 0 Å². The Morgan fingerprint density at radius 1 is 1.11 bits per heavy atom. The van der Waals surface area contributed by atoms with Crippen LogP contribution in [0.3, 0.4) is 0 Å². The van der Waals surface area contributed by atoms with Crippen LogP contribution < -0.4 is 5.73 Å². The molecule has 7 N–H and O–H groups in total. The van der Waals surface area contributed by atoms with Gasteiger partial charge >= 0.3 is 0 Å². The van der Waals surface area contributed by atoms with E-state index in [4.69, 9.17) is 15.6 Å². The summed E-state index contributed by atoms with van der Waals surface area (Å²) < 4.78 is 4.85. The zero-order valence-electron chi connectivity index (χ0n) is 10.7. The Balaban J connectivity index is 3.86. The van der Waals surface area contributed by atoms with Crippen molar-refractivity contribution in [3.63, 3.8) is 0 Å². The third-order valence-electron chi connectivity index (χ3n) is 2.57. The summed E-state index contributed by atoms with van der Waals surface area (Å²) in [5, 5.41) is 46.2. The maximum Gasteiger partial charge on any atom is 0.217 e. The first kappa shape index (κ1) is 18.2. The molecule has 0 saturated heterocycles. The van der Waals surface area contributed by atoms with Gasteiger partial charge in [-0.2, -0.15) is 0 Å². The molecule has 0 aromatic carbocycles. The van der Waals surface area contributed by atoms with E-state index >= 15 is 0 Å². The monoisotopic (exact) mass is 281 g/mol. The number of amides is 1. The highest BCUT2D eigenvalue weighted by molar-refractivity contribution is 5.73. The number of unbranched alkanes of at least 4 members (excludes halogenated alkanes) is 1.